The summed E-state index contributed by atoms with van der Waals surface area (Å²) in [4.78, 5) is 0. The second-order valence-electron chi connectivity index (χ2n) is 2.83. The van der Waals surface area contributed by atoms with Crippen molar-refractivity contribution in [2.24, 2.45) is 0 Å². The van der Waals surface area contributed by atoms with E-state index in [0.29, 0.717) is 6.42 Å². The largest absolute Gasteiger partial charge is 0.397 e. The zero-order valence-electron chi connectivity index (χ0n) is 22.6. The summed E-state index contributed by atoms with van der Waals surface area (Å²) >= 11 is 0. The summed E-state index contributed by atoms with van der Waals surface area (Å²) in [7, 11) is -4.20. The SMILES string of the molecule is C=C.C=C.C=C.C=C.C=C.C=C.C=C.C=C.CCCCOS(=O)(=O)O.CCOCC.OCCO. The van der Waals surface area contributed by atoms with Gasteiger partial charge in [-0.3, -0.25) is 4.55 Å². The molecular weight excluding hydrogens is 456 g/mol. The number of rotatable bonds is 7. The van der Waals surface area contributed by atoms with Crippen LogP contribution in [-0.4, -0.2) is 56.2 Å². The molecule has 210 valence electrons. The minimum atomic E-state index is -4.20. The van der Waals surface area contributed by atoms with E-state index in [2.05, 4.69) is 109 Å². The van der Waals surface area contributed by atoms with Gasteiger partial charge in [0.05, 0.1) is 19.8 Å². The highest BCUT2D eigenvalue weighted by Crippen LogP contribution is 1.91. The second-order valence-corrected chi connectivity index (χ2v) is 3.92. The number of hydrogen-bond acceptors (Lipinski definition) is 6. The second kappa shape index (κ2) is 168. The molecule has 0 aliphatic heterocycles. The van der Waals surface area contributed by atoms with Crippen molar-refractivity contribution in [1.82, 2.24) is 0 Å². The quantitative estimate of drug-likeness (QED) is 0.190. The maximum absolute atomic E-state index is 9.84. The van der Waals surface area contributed by atoms with Crippen LogP contribution in [0.15, 0.2) is 105 Å². The molecule has 0 fully saturated rings. The number of unbranched alkanes of at least 4 members (excludes halogenated alkanes) is 1. The molecule has 0 rings (SSSR count). The molecule has 8 heteroatoms. The van der Waals surface area contributed by atoms with Crippen molar-refractivity contribution in [2.75, 3.05) is 33.0 Å². The molecule has 34 heavy (non-hydrogen) atoms. The van der Waals surface area contributed by atoms with Gasteiger partial charge in [-0.25, -0.2) is 4.18 Å². The maximum Gasteiger partial charge on any atom is 0.397 e. The molecule has 7 nitrogen and oxygen atoms in total. The summed E-state index contributed by atoms with van der Waals surface area (Å²) in [5.41, 5.74) is 0. The molecule has 0 aromatic carbocycles. The minimum Gasteiger partial charge on any atom is -0.394 e. The fraction of sp³-hybridized carbons (Fsp3) is 0.385. The third-order valence-electron chi connectivity index (χ3n) is 1.24. The van der Waals surface area contributed by atoms with Gasteiger partial charge in [-0.15, -0.1) is 105 Å². The average molecular weight is 515 g/mol. The van der Waals surface area contributed by atoms with Crippen LogP contribution in [0.25, 0.3) is 0 Å². The monoisotopic (exact) mass is 514 g/mol. The van der Waals surface area contributed by atoms with E-state index in [1.165, 1.54) is 0 Å². The van der Waals surface area contributed by atoms with Crippen molar-refractivity contribution < 1.29 is 32.1 Å². The number of ether oxygens (including phenoxy) is 1. The van der Waals surface area contributed by atoms with E-state index < -0.39 is 10.4 Å². The predicted molar refractivity (Wildman–Crippen MR) is 159 cm³/mol. The first-order chi connectivity index (χ1) is 16.4. The summed E-state index contributed by atoms with van der Waals surface area (Å²) in [6, 6.07) is 0. The van der Waals surface area contributed by atoms with E-state index in [0.717, 1.165) is 19.6 Å². The van der Waals surface area contributed by atoms with E-state index in [1.807, 2.05) is 20.8 Å². The summed E-state index contributed by atoms with van der Waals surface area (Å²) in [5, 5.41) is 15.2. The molecule has 0 saturated heterocycles. The fourth-order valence-electron chi connectivity index (χ4n) is 0.513. The van der Waals surface area contributed by atoms with Crippen molar-refractivity contribution in [3.05, 3.63) is 105 Å². The van der Waals surface area contributed by atoms with Crippen molar-refractivity contribution >= 4 is 10.4 Å². The lowest BCUT2D eigenvalue weighted by Gasteiger charge is -1.95. The van der Waals surface area contributed by atoms with Gasteiger partial charge < -0.3 is 14.9 Å². The molecule has 0 radical (unpaired) electrons. The Morgan fingerprint density at radius 3 is 0.912 bits per heavy atom. The smallest absolute Gasteiger partial charge is 0.394 e. The normalized spacial score (nSPS) is 6.18. The van der Waals surface area contributed by atoms with E-state index >= 15 is 0 Å². The highest BCUT2D eigenvalue weighted by molar-refractivity contribution is 7.80. The Morgan fingerprint density at radius 1 is 0.588 bits per heavy atom. The third-order valence-corrected chi connectivity index (χ3v) is 1.70. The summed E-state index contributed by atoms with van der Waals surface area (Å²) in [6.07, 6.45) is 1.48. The van der Waals surface area contributed by atoms with Crippen LogP contribution < -0.4 is 0 Å². The van der Waals surface area contributed by atoms with E-state index in [9.17, 15) is 8.42 Å². The highest BCUT2D eigenvalue weighted by Gasteiger charge is 2.00. The zero-order chi connectivity index (χ0) is 30.9. The summed E-state index contributed by atoms with van der Waals surface area (Å²) in [6.45, 7) is 55.4. The van der Waals surface area contributed by atoms with Crippen LogP contribution in [0.5, 0.6) is 0 Å². The molecule has 0 amide bonds. The molecule has 0 aliphatic carbocycles. The van der Waals surface area contributed by atoms with Crippen molar-refractivity contribution in [2.45, 2.75) is 33.6 Å². The van der Waals surface area contributed by atoms with Crippen LogP contribution in [-0.2, 0) is 19.3 Å². The third kappa shape index (κ3) is 548. The number of aliphatic hydroxyl groups excluding tert-OH is 2. The zero-order valence-corrected chi connectivity index (χ0v) is 23.5. The Hall–Kier alpha value is -2.33. The highest BCUT2D eigenvalue weighted by atomic mass is 32.3. The first-order valence-corrected chi connectivity index (χ1v) is 11.2. The first-order valence-electron chi connectivity index (χ1n) is 9.80. The fourth-order valence-corrected chi connectivity index (χ4v) is 0.841. The average Bonchev–Trinajstić information content (AvgIpc) is 2.94. The molecule has 0 spiro atoms. The Morgan fingerprint density at radius 2 is 0.824 bits per heavy atom. The van der Waals surface area contributed by atoms with E-state index in [1.54, 1.807) is 0 Å². The van der Waals surface area contributed by atoms with Gasteiger partial charge in [0.2, 0.25) is 0 Å². The maximum atomic E-state index is 9.84. The molecule has 0 aliphatic rings. The molecule has 0 heterocycles. The molecule has 3 N–H and O–H groups in total. The summed E-state index contributed by atoms with van der Waals surface area (Å²) < 4.78 is 36.5. The van der Waals surface area contributed by atoms with E-state index in [-0.39, 0.29) is 19.8 Å². The molecule has 0 aromatic rings. The van der Waals surface area contributed by atoms with Gasteiger partial charge in [0.25, 0.3) is 0 Å². The van der Waals surface area contributed by atoms with Crippen LogP contribution in [0.4, 0.5) is 0 Å². The summed E-state index contributed by atoms with van der Waals surface area (Å²) in [5.74, 6) is 0. The van der Waals surface area contributed by atoms with Crippen LogP contribution in [0.2, 0.25) is 0 Å². The number of hydrogen-bond donors (Lipinski definition) is 3. The molecule has 0 aromatic heterocycles. The van der Waals surface area contributed by atoms with Gasteiger partial charge in [0.1, 0.15) is 0 Å². The Bertz CT molecular complexity index is 297. The Balaban J connectivity index is -0.0000000206. The lowest BCUT2D eigenvalue weighted by atomic mass is 10.4. The lowest BCUT2D eigenvalue weighted by molar-refractivity contribution is 0.162. The van der Waals surface area contributed by atoms with Gasteiger partial charge in [0.15, 0.2) is 0 Å². The molecule has 0 bridgehead atoms. The lowest BCUT2D eigenvalue weighted by Crippen LogP contribution is -2.04. The van der Waals surface area contributed by atoms with E-state index in [4.69, 9.17) is 19.5 Å². The van der Waals surface area contributed by atoms with Gasteiger partial charge >= 0.3 is 10.4 Å². The topological polar surface area (TPSA) is 113 Å². The minimum absolute atomic E-state index is 0.0648. The molecule has 0 atom stereocenters. The Labute approximate surface area is 214 Å². The molecule has 0 unspecified atom stereocenters. The predicted octanol–water partition coefficient (Wildman–Crippen LogP) is 7.04. The number of aliphatic hydroxyl groups is 2. The Kier molecular flexibility index (Phi) is 345. The van der Waals surface area contributed by atoms with Crippen LogP contribution in [0.3, 0.4) is 0 Å². The van der Waals surface area contributed by atoms with Gasteiger partial charge in [0, 0.05) is 13.2 Å². The van der Waals surface area contributed by atoms with Crippen LogP contribution >= 0.6 is 0 Å². The molecular formula is C26H58O7S. The first kappa shape index (κ1) is 69.7. The standard InChI is InChI=1S/C4H10O4S.C4H10O.C2H6O2.8C2H4/c1-2-3-4-8-9(5,6)7;1-3-5-4-2;3-1-2-4;8*1-2/h2-4H2,1H3,(H,5,6,7);3-4H2,1-2H3;3-4H,1-2H2;8*1-2H2. The van der Waals surface area contributed by atoms with Gasteiger partial charge in [-0.05, 0) is 20.3 Å². The van der Waals surface area contributed by atoms with Gasteiger partial charge in [-0.1, -0.05) is 13.3 Å². The van der Waals surface area contributed by atoms with Gasteiger partial charge in [-0.2, -0.15) is 8.42 Å². The van der Waals surface area contributed by atoms with Crippen LogP contribution in [0.1, 0.15) is 33.6 Å². The van der Waals surface area contributed by atoms with Crippen molar-refractivity contribution in [1.29, 1.82) is 0 Å². The van der Waals surface area contributed by atoms with Crippen molar-refractivity contribution in [3.63, 3.8) is 0 Å². The van der Waals surface area contributed by atoms with Crippen molar-refractivity contribution in [3.8, 4) is 0 Å². The molecule has 0 saturated carbocycles. The van der Waals surface area contributed by atoms with Crippen LogP contribution in [0, 0.1) is 0 Å².